The van der Waals surface area contributed by atoms with Gasteiger partial charge in [0.1, 0.15) is 11.4 Å². The maximum atomic E-state index is 12.4. The van der Waals surface area contributed by atoms with Crippen LogP contribution in [-0.2, 0) is 11.2 Å². The van der Waals surface area contributed by atoms with E-state index in [4.69, 9.17) is 5.26 Å². The molecule has 1 N–H and O–H groups in total. The molecule has 0 bridgehead atoms. The fraction of sp³-hybridized carbons (Fsp3) is 0.429. The maximum absolute atomic E-state index is 12.4. The average molecular weight is 367 g/mol. The zero-order valence-electron chi connectivity index (χ0n) is 16.6. The third-order valence-electron chi connectivity index (χ3n) is 4.91. The largest absolute Gasteiger partial charge is 0.377 e. The number of amides is 1. The lowest BCUT2D eigenvalue weighted by atomic mass is 9.87. The van der Waals surface area contributed by atoms with E-state index in [1.54, 1.807) is 18.2 Å². The number of carbonyl (C=O) groups is 1. The summed E-state index contributed by atoms with van der Waals surface area (Å²) in [5.41, 5.74) is 0.561. The van der Waals surface area contributed by atoms with Gasteiger partial charge in [-0.15, -0.1) is 0 Å². The molecule has 2 aromatic carbocycles. The van der Waals surface area contributed by atoms with Gasteiger partial charge in [0, 0.05) is 13.0 Å². The summed E-state index contributed by atoms with van der Waals surface area (Å²) in [7, 11) is 0. The van der Waals surface area contributed by atoms with E-state index in [1.807, 2.05) is 34.6 Å². The molecule has 0 heterocycles. The van der Waals surface area contributed by atoms with Gasteiger partial charge >= 0.3 is 0 Å². The monoisotopic (exact) mass is 367 g/mol. The molecular weight excluding hydrogens is 342 g/mol. The van der Waals surface area contributed by atoms with E-state index in [0.717, 1.165) is 5.56 Å². The van der Waals surface area contributed by atoms with Crippen LogP contribution in [0.4, 0.5) is 17.1 Å². The van der Waals surface area contributed by atoms with Crippen molar-refractivity contribution in [3.63, 3.8) is 0 Å². The van der Waals surface area contributed by atoms with Crippen molar-refractivity contribution in [2.24, 2.45) is 5.41 Å². The van der Waals surface area contributed by atoms with Gasteiger partial charge in [0.05, 0.1) is 17.3 Å². The number of nitrogens with zero attached hydrogens (tertiary/aromatic N) is 2. The van der Waals surface area contributed by atoms with E-state index in [-0.39, 0.29) is 28.7 Å². The van der Waals surface area contributed by atoms with Crippen LogP contribution in [0, 0.1) is 16.7 Å². The number of hydrogen-bond donors (Lipinski definition) is 1. The second-order valence-corrected chi connectivity index (χ2v) is 7.78. The Balaban J connectivity index is 2.60. The van der Waals surface area contributed by atoms with Crippen LogP contribution in [0.25, 0.3) is 0 Å². The minimum Gasteiger partial charge on any atom is -0.377 e. The average Bonchev–Trinajstić information content (AvgIpc) is 2.62. The normalized spacial score (nSPS) is 12.5. The Labute approximate surface area is 159 Å². The van der Waals surface area contributed by atoms with Crippen molar-refractivity contribution < 1.29 is 4.79 Å². The number of anilines is 3. The number of carbonyl (C=O) groups excluding carboxylic acids is 1. The predicted octanol–water partition coefficient (Wildman–Crippen LogP) is 3.25. The Morgan fingerprint density at radius 2 is 1.89 bits per heavy atom. The van der Waals surface area contributed by atoms with E-state index in [9.17, 15) is 14.4 Å². The Kier molecular flexibility index (Phi) is 5.55. The maximum Gasteiger partial charge on any atom is 0.254 e. The molecule has 0 aliphatic heterocycles. The summed E-state index contributed by atoms with van der Waals surface area (Å²) in [4.78, 5) is 38.2. The Morgan fingerprint density at radius 1 is 1.26 bits per heavy atom. The first-order valence-electron chi connectivity index (χ1n) is 8.96. The van der Waals surface area contributed by atoms with Crippen LogP contribution >= 0.6 is 0 Å². The van der Waals surface area contributed by atoms with Gasteiger partial charge in [-0.05, 0) is 42.5 Å². The highest BCUT2D eigenvalue weighted by Crippen LogP contribution is 2.34. The van der Waals surface area contributed by atoms with E-state index >= 15 is 0 Å². The summed E-state index contributed by atoms with van der Waals surface area (Å²) in [6, 6.07) is 6.93. The van der Waals surface area contributed by atoms with Gasteiger partial charge in [-0.25, -0.2) is 0 Å². The Hall–Kier alpha value is -2.94. The number of nitrogens with one attached hydrogen (secondary N) is 1. The summed E-state index contributed by atoms with van der Waals surface area (Å²) >= 11 is 0. The van der Waals surface area contributed by atoms with Crippen LogP contribution in [0.2, 0.25) is 0 Å². The van der Waals surface area contributed by atoms with Crippen LogP contribution in [0.1, 0.15) is 52.7 Å². The fourth-order valence-corrected chi connectivity index (χ4v) is 2.76. The number of hydrogen-bond acceptors (Lipinski definition) is 5. The van der Waals surface area contributed by atoms with Crippen molar-refractivity contribution in [2.75, 3.05) is 10.2 Å². The smallest absolute Gasteiger partial charge is 0.254 e. The summed E-state index contributed by atoms with van der Waals surface area (Å²) in [6.07, 6.45) is 0.575. The van der Waals surface area contributed by atoms with Crippen molar-refractivity contribution in [1.82, 2.24) is 0 Å². The van der Waals surface area contributed by atoms with Crippen molar-refractivity contribution in [3.05, 3.63) is 49.8 Å². The predicted molar refractivity (Wildman–Crippen MR) is 107 cm³/mol. The second kappa shape index (κ2) is 7.36. The molecule has 0 saturated heterocycles. The van der Waals surface area contributed by atoms with Gasteiger partial charge in [0.2, 0.25) is 5.91 Å². The Morgan fingerprint density at radius 3 is 2.37 bits per heavy atom. The molecule has 0 spiro atoms. The molecule has 0 fully saturated rings. The van der Waals surface area contributed by atoms with Crippen LogP contribution < -0.4 is 21.1 Å². The molecule has 6 nitrogen and oxygen atoms in total. The second-order valence-electron chi connectivity index (χ2n) is 7.78. The minimum atomic E-state index is -0.680. The lowest BCUT2D eigenvalue weighted by Crippen LogP contribution is -2.45. The van der Waals surface area contributed by atoms with Gasteiger partial charge in [-0.2, -0.15) is 5.26 Å². The summed E-state index contributed by atoms with van der Waals surface area (Å²) in [5.74, 6) is -0.368. The number of rotatable bonds is 5. The highest BCUT2D eigenvalue weighted by molar-refractivity contribution is 6.04. The Bertz CT molecular complexity index is 986. The highest BCUT2D eigenvalue weighted by Gasteiger charge is 2.32. The van der Waals surface area contributed by atoms with Gasteiger partial charge in [-0.1, -0.05) is 27.7 Å². The molecule has 2 aromatic rings. The molecular formula is C21H25N3O3. The third kappa shape index (κ3) is 3.77. The molecule has 0 aliphatic rings. The van der Waals surface area contributed by atoms with Crippen LogP contribution in [0.5, 0.6) is 0 Å². The molecule has 142 valence electrons. The molecule has 0 aromatic heterocycles. The lowest BCUT2D eigenvalue weighted by Gasteiger charge is -2.32. The van der Waals surface area contributed by atoms with E-state index in [1.165, 1.54) is 11.8 Å². The molecule has 0 aliphatic carbocycles. The van der Waals surface area contributed by atoms with E-state index in [2.05, 4.69) is 11.4 Å². The molecule has 0 saturated carbocycles. The zero-order valence-corrected chi connectivity index (χ0v) is 16.6. The molecule has 0 radical (unpaired) electrons. The molecule has 1 amide bonds. The summed E-state index contributed by atoms with van der Waals surface area (Å²) in [6.45, 7) is 11.3. The highest BCUT2D eigenvalue weighted by atomic mass is 16.2. The van der Waals surface area contributed by atoms with Crippen molar-refractivity contribution >= 4 is 23.0 Å². The molecule has 1 atom stereocenters. The van der Waals surface area contributed by atoms with Gasteiger partial charge in [-0.3, -0.25) is 19.3 Å². The quantitative estimate of drug-likeness (QED) is 0.819. The van der Waals surface area contributed by atoms with Gasteiger partial charge in [0.25, 0.3) is 10.9 Å². The fourth-order valence-electron chi connectivity index (χ4n) is 2.76. The summed E-state index contributed by atoms with van der Waals surface area (Å²) in [5, 5.41) is 12.2. The third-order valence-corrected chi connectivity index (χ3v) is 4.91. The van der Waals surface area contributed by atoms with Gasteiger partial charge < -0.3 is 5.32 Å². The SMILES string of the molecule is CCc1cc(C#N)ccc1N(C(C)=O)c1c(NC(C)C(C)(C)C)c(=O)c1=O. The van der Waals surface area contributed by atoms with Crippen molar-refractivity contribution in [3.8, 4) is 6.07 Å². The first kappa shape index (κ1) is 20.4. The van der Waals surface area contributed by atoms with Crippen molar-refractivity contribution in [2.45, 2.75) is 54.0 Å². The van der Waals surface area contributed by atoms with E-state index < -0.39 is 10.9 Å². The van der Waals surface area contributed by atoms with Gasteiger partial charge in [0.15, 0.2) is 0 Å². The standard InChI is InChI=1S/C21H25N3O3/c1-7-15-10-14(11-22)8-9-16(15)24(13(3)25)18-17(19(26)20(18)27)23-12(2)21(4,5)6/h8-10,12,23H,7H2,1-6H3. The molecule has 1 unspecified atom stereocenters. The zero-order chi connectivity index (χ0) is 20.5. The van der Waals surface area contributed by atoms with Crippen LogP contribution in [0.15, 0.2) is 27.8 Å². The molecule has 6 heteroatoms. The first-order valence-corrected chi connectivity index (χ1v) is 8.96. The van der Waals surface area contributed by atoms with Crippen molar-refractivity contribution in [1.29, 1.82) is 5.26 Å². The molecule has 2 rings (SSSR count). The van der Waals surface area contributed by atoms with Crippen LogP contribution in [-0.4, -0.2) is 11.9 Å². The van der Waals surface area contributed by atoms with Crippen LogP contribution in [0.3, 0.4) is 0 Å². The topological polar surface area (TPSA) is 90.3 Å². The number of aryl methyl sites for hydroxylation is 1. The lowest BCUT2D eigenvalue weighted by molar-refractivity contribution is -0.115. The number of nitriles is 1. The summed E-state index contributed by atoms with van der Waals surface area (Å²) < 4.78 is 0. The van der Waals surface area contributed by atoms with E-state index in [0.29, 0.717) is 17.7 Å². The first-order chi connectivity index (χ1) is 12.5. The number of benzene rings is 1. The molecule has 27 heavy (non-hydrogen) atoms. The minimum absolute atomic E-state index is 0.0722.